The summed E-state index contributed by atoms with van der Waals surface area (Å²) in [5.41, 5.74) is 7.57. The molecule has 0 saturated heterocycles. The molecule has 4 N–H and O–H groups in total. The van der Waals surface area contributed by atoms with Gasteiger partial charge < -0.3 is 20.2 Å². The van der Waals surface area contributed by atoms with Gasteiger partial charge in [0, 0.05) is 17.0 Å². The Morgan fingerprint density at radius 2 is 1.91 bits per heavy atom. The Balaban J connectivity index is 1.28. The van der Waals surface area contributed by atoms with E-state index in [0.717, 1.165) is 0 Å². The smallest absolute Gasteiger partial charge is 0.387 e. The minimum Gasteiger partial charge on any atom is -0.436 e. The van der Waals surface area contributed by atoms with Crippen LogP contribution in [0.4, 0.5) is 24.7 Å². The number of H-pyrrole nitrogens is 1. The lowest BCUT2D eigenvalue weighted by atomic mass is 10.1. The van der Waals surface area contributed by atoms with Crippen LogP contribution in [0.25, 0.3) is 16.6 Å². The molecule has 1 fully saturated rings. The van der Waals surface area contributed by atoms with E-state index >= 15 is 0 Å². The second-order valence-corrected chi connectivity index (χ2v) is 11.8. The lowest BCUT2D eigenvalue weighted by Gasteiger charge is -2.13. The summed E-state index contributed by atoms with van der Waals surface area (Å²) in [6.07, 6.45) is 3.63. The summed E-state index contributed by atoms with van der Waals surface area (Å²) in [6.45, 7) is -1.47. The van der Waals surface area contributed by atoms with Gasteiger partial charge in [0.2, 0.25) is 21.7 Å². The second-order valence-electron chi connectivity index (χ2n) is 9.87. The first-order valence-corrected chi connectivity index (χ1v) is 14.5. The predicted octanol–water partition coefficient (Wildman–Crippen LogP) is 5.31. The number of aromatic nitrogens is 4. The molecule has 0 unspecified atom stereocenters. The number of anilines is 2. The normalized spacial score (nSPS) is 13.4. The highest BCUT2D eigenvalue weighted by Gasteiger charge is 2.36. The van der Waals surface area contributed by atoms with Crippen LogP contribution in [0.2, 0.25) is 0 Å². The van der Waals surface area contributed by atoms with Gasteiger partial charge in [-0.3, -0.25) is 9.52 Å². The van der Waals surface area contributed by atoms with E-state index in [1.54, 1.807) is 19.1 Å². The van der Waals surface area contributed by atoms with Crippen LogP contribution in [0.1, 0.15) is 34.5 Å². The molecule has 0 spiro atoms. The van der Waals surface area contributed by atoms with E-state index in [-0.39, 0.29) is 40.1 Å². The molecule has 1 aliphatic carbocycles. The molecule has 15 heteroatoms. The third-order valence-corrected chi connectivity index (χ3v) is 8.64. The third-order valence-electron chi connectivity index (χ3n) is 6.79. The number of ketones is 1. The number of hydrogen-bond donors (Lipinski definition) is 3. The fourth-order valence-corrected chi connectivity index (χ4v) is 5.87. The number of pyridine rings is 1. The van der Waals surface area contributed by atoms with Crippen LogP contribution in [0.15, 0.2) is 60.9 Å². The van der Waals surface area contributed by atoms with E-state index in [1.807, 2.05) is 0 Å². The van der Waals surface area contributed by atoms with Gasteiger partial charge in [0.15, 0.2) is 17.3 Å². The monoisotopic (exact) mass is 612 g/mol. The predicted molar refractivity (Wildman–Crippen MR) is 151 cm³/mol. The number of rotatable bonds is 10. The van der Waals surface area contributed by atoms with Crippen molar-refractivity contribution in [1.82, 2.24) is 19.7 Å². The maximum absolute atomic E-state index is 14.0. The van der Waals surface area contributed by atoms with Gasteiger partial charge in [-0.05, 0) is 55.7 Å². The Morgan fingerprint density at radius 1 is 1.14 bits per heavy atom. The maximum Gasteiger partial charge on any atom is 0.387 e. The van der Waals surface area contributed by atoms with Crippen molar-refractivity contribution in [1.29, 1.82) is 0 Å². The SMILES string of the molecule is Cc1cc(Oc2ccccc2F)ncc1-n1ncc(C(=O)c2cc3cc(OC(F)F)c(NS(=O)(=O)C4CC4)cc3[nH]2)c1N. The van der Waals surface area contributed by atoms with Crippen molar-refractivity contribution in [2.45, 2.75) is 31.6 Å². The Morgan fingerprint density at radius 3 is 2.60 bits per heavy atom. The number of aryl methyl sites for hydroxylation is 1. The highest BCUT2D eigenvalue weighted by atomic mass is 32.2. The third kappa shape index (κ3) is 5.58. The number of para-hydroxylation sites is 1. The topological polar surface area (TPSA) is 154 Å². The first kappa shape index (κ1) is 28.1. The van der Waals surface area contributed by atoms with Crippen molar-refractivity contribution >= 4 is 38.2 Å². The van der Waals surface area contributed by atoms with Crippen LogP contribution in [0.5, 0.6) is 17.4 Å². The number of fused-ring (bicyclic) bond motifs is 1. The number of nitrogens with zero attached hydrogens (tertiary/aromatic N) is 3. The van der Waals surface area contributed by atoms with Gasteiger partial charge in [-0.2, -0.15) is 13.9 Å². The number of benzene rings is 2. The highest BCUT2D eigenvalue weighted by Crippen LogP contribution is 2.36. The molecule has 1 saturated carbocycles. The molecular formula is C28H23F3N6O5S. The van der Waals surface area contributed by atoms with Crippen LogP contribution in [0.3, 0.4) is 0 Å². The lowest BCUT2D eigenvalue weighted by Crippen LogP contribution is -2.18. The number of sulfonamides is 1. The van der Waals surface area contributed by atoms with Gasteiger partial charge in [-0.25, -0.2) is 22.5 Å². The summed E-state index contributed by atoms with van der Waals surface area (Å²) in [4.78, 5) is 20.5. The Bertz CT molecular complexity index is 1990. The molecule has 0 radical (unpaired) electrons. The zero-order valence-corrected chi connectivity index (χ0v) is 23.2. The van der Waals surface area contributed by atoms with Crippen molar-refractivity contribution in [2.24, 2.45) is 0 Å². The molecule has 3 heterocycles. The number of nitrogens with two attached hydrogens (primary N) is 1. The fraction of sp³-hybridized carbons (Fsp3) is 0.179. The molecular weight excluding hydrogens is 589 g/mol. The molecule has 1 aliphatic rings. The number of halogens is 3. The van der Waals surface area contributed by atoms with Gasteiger partial charge in [0.25, 0.3) is 0 Å². The quantitative estimate of drug-likeness (QED) is 0.179. The van der Waals surface area contributed by atoms with Crippen molar-refractivity contribution in [3.8, 4) is 23.1 Å². The summed E-state index contributed by atoms with van der Waals surface area (Å²) in [6, 6.07) is 11.4. The molecule has 11 nitrogen and oxygen atoms in total. The van der Waals surface area contributed by atoms with Crippen LogP contribution < -0.4 is 19.9 Å². The number of alkyl halides is 2. The maximum atomic E-state index is 14.0. The zero-order chi connectivity index (χ0) is 30.5. The summed E-state index contributed by atoms with van der Waals surface area (Å²) in [7, 11) is -3.79. The fourth-order valence-electron chi connectivity index (χ4n) is 4.48. The molecule has 0 atom stereocenters. The number of nitrogen functional groups attached to an aromatic ring is 1. The number of aromatic amines is 1. The van der Waals surface area contributed by atoms with Crippen molar-refractivity contribution in [2.75, 3.05) is 10.5 Å². The minimum absolute atomic E-state index is 0.00377. The molecule has 5 aromatic rings. The minimum atomic E-state index is -3.79. The summed E-state index contributed by atoms with van der Waals surface area (Å²) in [5.74, 6) is -1.34. The van der Waals surface area contributed by atoms with Crippen molar-refractivity contribution in [3.05, 3.63) is 83.6 Å². The van der Waals surface area contributed by atoms with E-state index in [2.05, 4.69) is 24.5 Å². The van der Waals surface area contributed by atoms with Crippen molar-refractivity contribution < 1.29 is 35.9 Å². The molecule has 222 valence electrons. The molecule has 0 bridgehead atoms. The molecule has 2 aromatic carbocycles. The van der Waals surface area contributed by atoms with Gasteiger partial charge in [-0.15, -0.1) is 0 Å². The Labute approximate surface area is 242 Å². The van der Waals surface area contributed by atoms with Gasteiger partial charge in [0.1, 0.15) is 5.82 Å². The van der Waals surface area contributed by atoms with E-state index in [0.29, 0.717) is 35.0 Å². The van der Waals surface area contributed by atoms with Gasteiger partial charge >= 0.3 is 6.61 Å². The molecule has 0 aliphatic heterocycles. The van der Waals surface area contributed by atoms with E-state index in [4.69, 9.17) is 10.5 Å². The number of hydrogen-bond acceptors (Lipinski definition) is 8. The molecule has 0 amide bonds. The largest absolute Gasteiger partial charge is 0.436 e. The molecule has 3 aromatic heterocycles. The molecule has 43 heavy (non-hydrogen) atoms. The average Bonchev–Trinajstić information content (AvgIpc) is 3.65. The number of nitrogens with one attached hydrogen (secondary N) is 2. The van der Waals surface area contributed by atoms with Crippen molar-refractivity contribution in [3.63, 3.8) is 0 Å². The Kier molecular flexibility index (Phi) is 6.96. The van der Waals surface area contributed by atoms with Crippen LogP contribution in [0, 0.1) is 12.7 Å². The van der Waals surface area contributed by atoms with Crippen LogP contribution >= 0.6 is 0 Å². The summed E-state index contributed by atoms with van der Waals surface area (Å²) >= 11 is 0. The highest BCUT2D eigenvalue weighted by molar-refractivity contribution is 7.93. The number of carbonyl (C=O) groups is 1. The van der Waals surface area contributed by atoms with Crippen LogP contribution in [-0.2, 0) is 10.0 Å². The standard InChI is InChI=1S/C28H23F3N6O5S/c1-14-8-25(41-23-5-3-2-4-18(23)29)33-13-22(14)37-27(32)17(12-34-37)26(38)21-9-15-10-24(42-28(30)31)20(11-19(15)35-21)36-43(39,40)16-6-7-16/h2-5,8-13,16,28,35-36H,6-7,32H2,1H3. The second kappa shape index (κ2) is 10.7. The first-order chi connectivity index (χ1) is 20.5. The first-order valence-electron chi connectivity index (χ1n) is 12.9. The number of carbonyl (C=O) groups excluding carboxylic acids is 1. The number of ether oxygens (including phenoxy) is 2. The Hall–Kier alpha value is -5.05. The van der Waals surface area contributed by atoms with Crippen LogP contribution in [-0.4, -0.2) is 45.8 Å². The van der Waals surface area contributed by atoms with Gasteiger partial charge in [-0.1, -0.05) is 12.1 Å². The summed E-state index contributed by atoms with van der Waals surface area (Å²) < 4.78 is 78.8. The van der Waals surface area contributed by atoms with E-state index in [1.165, 1.54) is 53.5 Å². The van der Waals surface area contributed by atoms with Gasteiger partial charge in [0.05, 0.1) is 40.3 Å². The summed E-state index contributed by atoms with van der Waals surface area (Å²) in [5, 5.41) is 3.96. The molecule has 6 rings (SSSR count). The van der Waals surface area contributed by atoms with E-state index < -0.39 is 33.5 Å². The van der Waals surface area contributed by atoms with E-state index in [9.17, 15) is 26.4 Å². The lowest BCUT2D eigenvalue weighted by molar-refractivity contribution is -0.0492. The zero-order valence-electron chi connectivity index (χ0n) is 22.3. The average molecular weight is 613 g/mol.